The highest BCUT2D eigenvalue weighted by Crippen LogP contribution is 2.33. The van der Waals surface area contributed by atoms with Gasteiger partial charge in [-0.25, -0.2) is 4.39 Å². The second kappa shape index (κ2) is 5.71. The van der Waals surface area contributed by atoms with Crippen LogP contribution < -0.4 is 15.4 Å². The van der Waals surface area contributed by atoms with Crippen molar-refractivity contribution in [2.75, 3.05) is 19.1 Å². The van der Waals surface area contributed by atoms with Gasteiger partial charge in [0.2, 0.25) is 0 Å². The molecule has 2 aromatic rings. The van der Waals surface area contributed by atoms with Crippen LogP contribution >= 0.6 is 0 Å². The molecular formula is C15H17FN2O. The maximum absolute atomic E-state index is 13.2. The fourth-order valence-corrected chi connectivity index (χ4v) is 2.08. The highest BCUT2D eigenvalue weighted by atomic mass is 19.1. The molecule has 0 aliphatic heterocycles. The normalized spacial score (nSPS) is 10.3. The van der Waals surface area contributed by atoms with E-state index in [4.69, 9.17) is 10.5 Å². The average molecular weight is 260 g/mol. The molecule has 2 rings (SSSR count). The van der Waals surface area contributed by atoms with Gasteiger partial charge in [0, 0.05) is 19.3 Å². The summed E-state index contributed by atoms with van der Waals surface area (Å²) in [5.74, 6) is 0.481. The number of ether oxygens (including phenoxy) is 1. The van der Waals surface area contributed by atoms with Gasteiger partial charge in [0.25, 0.3) is 0 Å². The molecule has 19 heavy (non-hydrogen) atoms. The minimum Gasteiger partial charge on any atom is -0.495 e. The van der Waals surface area contributed by atoms with Crippen LogP contribution in [0.3, 0.4) is 0 Å². The minimum absolute atomic E-state index is 0.280. The summed E-state index contributed by atoms with van der Waals surface area (Å²) in [4.78, 5) is 1.94. The summed E-state index contributed by atoms with van der Waals surface area (Å²) in [6.45, 7) is 0.284. The molecule has 0 aliphatic carbocycles. The van der Waals surface area contributed by atoms with E-state index in [0.29, 0.717) is 0 Å². The van der Waals surface area contributed by atoms with Crippen molar-refractivity contribution < 1.29 is 9.13 Å². The highest BCUT2D eigenvalue weighted by Gasteiger charge is 2.12. The van der Waals surface area contributed by atoms with Gasteiger partial charge in [-0.3, -0.25) is 0 Å². The Hall–Kier alpha value is -2.07. The summed E-state index contributed by atoms with van der Waals surface area (Å²) >= 11 is 0. The number of para-hydroxylation sites is 2. The van der Waals surface area contributed by atoms with Crippen LogP contribution in [0, 0.1) is 5.82 Å². The molecule has 2 N–H and O–H groups in total. The number of nitrogens with zero attached hydrogens (tertiary/aromatic N) is 1. The van der Waals surface area contributed by atoms with Crippen molar-refractivity contribution in [2.24, 2.45) is 5.73 Å². The lowest BCUT2D eigenvalue weighted by atomic mass is 10.1. The van der Waals surface area contributed by atoms with Crippen molar-refractivity contribution in [1.29, 1.82) is 0 Å². The van der Waals surface area contributed by atoms with E-state index in [0.717, 1.165) is 22.7 Å². The average Bonchev–Trinajstić information content (AvgIpc) is 2.46. The van der Waals surface area contributed by atoms with Crippen LogP contribution in [0.1, 0.15) is 5.56 Å². The molecule has 0 amide bonds. The third-order valence-corrected chi connectivity index (χ3v) is 3.07. The third-order valence-electron chi connectivity index (χ3n) is 3.07. The maximum Gasteiger partial charge on any atom is 0.142 e. The van der Waals surface area contributed by atoms with E-state index in [-0.39, 0.29) is 12.4 Å². The zero-order chi connectivity index (χ0) is 13.8. The molecule has 4 heteroatoms. The lowest BCUT2D eigenvalue weighted by molar-refractivity contribution is 0.415. The van der Waals surface area contributed by atoms with Crippen molar-refractivity contribution in [3.63, 3.8) is 0 Å². The Morgan fingerprint density at radius 3 is 2.58 bits per heavy atom. The standard InChI is InChI=1S/C15H17FN2O/c1-18(14-5-3-4-6-15(14)19-2)13-8-7-12(16)9-11(13)10-17/h3-9H,10,17H2,1-2H3. The topological polar surface area (TPSA) is 38.5 Å². The fraction of sp³-hybridized carbons (Fsp3) is 0.200. The van der Waals surface area contributed by atoms with E-state index in [9.17, 15) is 4.39 Å². The van der Waals surface area contributed by atoms with Crippen LogP contribution in [0.15, 0.2) is 42.5 Å². The van der Waals surface area contributed by atoms with Crippen LogP contribution in [0.2, 0.25) is 0 Å². The summed E-state index contributed by atoms with van der Waals surface area (Å²) in [6, 6.07) is 12.3. The molecule has 100 valence electrons. The van der Waals surface area contributed by atoms with Crippen LogP contribution in [0.5, 0.6) is 5.75 Å². The predicted molar refractivity (Wildman–Crippen MR) is 75.3 cm³/mol. The lowest BCUT2D eigenvalue weighted by Gasteiger charge is -2.24. The summed E-state index contributed by atoms with van der Waals surface area (Å²) in [5.41, 5.74) is 8.22. The van der Waals surface area contributed by atoms with Crippen LogP contribution in [-0.4, -0.2) is 14.2 Å². The monoisotopic (exact) mass is 260 g/mol. The number of methoxy groups -OCH3 is 1. The van der Waals surface area contributed by atoms with Crippen LogP contribution in [0.25, 0.3) is 0 Å². The van der Waals surface area contributed by atoms with E-state index >= 15 is 0 Å². The van der Waals surface area contributed by atoms with Gasteiger partial charge in [0.05, 0.1) is 12.8 Å². The number of hydrogen-bond acceptors (Lipinski definition) is 3. The van der Waals surface area contributed by atoms with E-state index in [1.807, 2.05) is 36.2 Å². The molecule has 0 spiro atoms. The molecular weight excluding hydrogens is 243 g/mol. The molecule has 0 unspecified atom stereocenters. The number of benzene rings is 2. The summed E-state index contributed by atoms with van der Waals surface area (Å²) < 4.78 is 18.6. The zero-order valence-corrected chi connectivity index (χ0v) is 11.1. The van der Waals surface area contributed by atoms with E-state index in [2.05, 4.69) is 0 Å². The molecule has 0 aliphatic rings. The first-order chi connectivity index (χ1) is 9.17. The van der Waals surface area contributed by atoms with Crippen LogP contribution in [0.4, 0.5) is 15.8 Å². The quantitative estimate of drug-likeness (QED) is 0.918. The van der Waals surface area contributed by atoms with E-state index in [1.165, 1.54) is 12.1 Å². The van der Waals surface area contributed by atoms with Crippen LogP contribution in [-0.2, 0) is 6.54 Å². The lowest BCUT2D eigenvalue weighted by Crippen LogP contribution is -2.14. The number of rotatable bonds is 4. The minimum atomic E-state index is -0.280. The van der Waals surface area contributed by atoms with Crippen molar-refractivity contribution in [3.05, 3.63) is 53.8 Å². The SMILES string of the molecule is COc1ccccc1N(C)c1ccc(F)cc1CN. The summed E-state index contributed by atoms with van der Waals surface area (Å²) in [6.07, 6.45) is 0. The van der Waals surface area contributed by atoms with Gasteiger partial charge in [-0.1, -0.05) is 12.1 Å². The molecule has 0 atom stereocenters. The molecule has 3 nitrogen and oxygen atoms in total. The van der Waals surface area contributed by atoms with Gasteiger partial charge < -0.3 is 15.4 Å². The molecule has 0 fully saturated rings. The van der Waals surface area contributed by atoms with Gasteiger partial charge in [0.1, 0.15) is 11.6 Å². The zero-order valence-electron chi connectivity index (χ0n) is 11.1. The molecule has 0 saturated carbocycles. The first-order valence-electron chi connectivity index (χ1n) is 6.02. The van der Waals surface area contributed by atoms with E-state index in [1.54, 1.807) is 13.2 Å². The van der Waals surface area contributed by atoms with Gasteiger partial charge in [-0.2, -0.15) is 0 Å². The molecule has 0 heterocycles. The molecule has 0 radical (unpaired) electrons. The van der Waals surface area contributed by atoms with Crippen molar-refractivity contribution >= 4 is 11.4 Å². The van der Waals surface area contributed by atoms with Gasteiger partial charge in [-0.05, 0) is 35.9 Å². The summed E-state index contributed by atoms with van der Waals surface area (Å²) in [5, 5.41) is 0. The van der Waals surface area contributed by atoms with Gasteiger partial charge >= 0.3 is 0 Å². The molecule has 0 saturated heterocycles. The second-order valence-electron chi connectivity index (χ2n) is 4.21. The Labute approximate surface area is 112 Å². The van der Waals surface area contributed by atoms with Crippen molar-refractivity contribution in [1.82, 2.24) is 0 Å². The Bertz CT molecular complexity index is 572. The largest absolute Gasteiger partial charge is 0.495 e. The smallest absolute Gasteiger partial charge is 0.142 e. The van der Waals surface area contributed by atoms with Crippen molar-refractivity contribution in [2.45, 2.75) is 6.54 Å². The van der Waals surface area contributed by atoms with E-state index < -0.39 is 0 Å². The number of nitrogens with two attached hydrogens (primary N) is 1. The molecule has 0 bridgehead atoms. The maximum atomic E-state index is 13.2. The van der Waals surface area contributed by atoms with Gasteiger partial charge in [-0.15, -0.1) is 0 Å². The third kappa shape index (κ3) is 2.69. The van der Waals surface area contributed by atoms with Crippen molar-refractivity contribution in [3.8, 4) is 5.75 Å². The molecule has 2 aromatic carbocycles. The second-order valence-corrected chi connectivity index (χ2v) is 4.21. The Kier molecular flexibility index (Phi) is 4.02. The highest BCUT2D eigenvalue weighted by molar-refractivity contribution is 5.70. The molecule has 0 aromatic heterocycles. The first-order valence-corrected chi connectivity index (χ1v) is 6.02. The predicted octanol–water partition coefficient (Wildman–Crippen LogP) is 3.06. The number of halogens is 1. The Balaban J connectivity index is 2.46. The summed E-state index contributed by atoms with van der Waals surface area (Å²) in [7, 11) is 3.53. The first kappa shape index (κ1) is 13.4. The Morgan fingerprint density at radius 1 is 1.16 bits per heavy atom. The van der Waals surface area contributed by atoms with Gasteiger partial charge in [0.15, 0.2) is 0 Å². The fourth-order valence-electron chi connectivity index (χ4n) is 2.08. The number of anilines is 2. The number of hydrogen-bond donors (Lipinski definition) is 1. The Morgan fingerprint density at radius 2 is 1.89 bits per heavy atom.